The number of phenols is 1. The van der Waals surface area contributed by atoms with Crippen LogP contribution in [-0.4, -0.2) is 60.0 Å². The Morgan fingerprint density at radius 1 is 1.21 bits per heavy atom. The average Bonchev–Trinajstić information content (AvgIpc) is 3.11. The molecule has 1 aromatic carbocycles. The molecular weight excluding hydrogens is 358 g/mol. The summed E-state index contributed by atoms with van der Waals surface area (Å²) in [5.74, 6) is 1.42. The number of nitrogens with one attached hydrogen (secondary N) is 1. The third-order valence-corrected chi connectivity index (χ3v) is 4.89. The zero-order chi connectivity index (χ0) is 19.7. The second-order valence-corrected chi connectivity index (χ2v) is 7.33. The van der Waals surface area contributed by atoms with E-state index in [9.17, 15) is 9.90 Å². The number of hydrogen-bond acceptors (Lipinski definition) is 6. The van der Waals surface area contributed by atoms with Gasteiger partial charge in [0.15, 0.2) is 0 Å². The van der Waals surface area contributed by atoms with E-state index in [1.54, 1.807) is 23.1 Å². The zero-order valence-electron chi connectivity index (χ0n) is 16.2. The van der Waals surface area contributed by atoms with Crippen molar-refractivity contribution in [2.75, 3.05) is 42.6 Å². The van der Waals surface area contributed by atoms with Crippen LogP contribution < -0.4 is 15.1 Å². The molecule has 1 fully saturated rings. The molecule has 28 heavy (non-hydrogen) atoms. The molecule has 0 bridgehead atoms. The Labute approximate surface area is 164 Å². The molecule has 148 valence electrons. The molecule has 2 N–H and O–H groups in total. The smallest absolute Gasteiger partial charge is 0.323 e. The van der Waals surface area contributed by atoms with E-state index in [2.05, 4.69) is 10.2 Å². The number of aromatic hydroxyl groups is 1. The molecule has 4 rings (SSSR count). The lowest BCUT2D eigenvalue weighted by atomic mass is 10.1. The predicted octanol–water partition coefficient (Wildman–Crippen LogP) is 2.17. The summed E-state index contributed by atoms with van der Waals surface area (Å²) in [6, 6.07) is 6.94. The standard InChI is InChI=1S/C20H25N5O3/c1-13(2)21-20(27)25-7-6-16-17(14-4-3-5-15(26)12-14)22-19(23-18(16)25)24-8-10-28-11-9-24/h3-5,12-13,26H,6-11H2,1-2H3,(H,21,27). The second-order valence-electron chi connectivity index (χ2n) is 7.33. The molecule has 0 saturated carbocycles. The van der Waals surface area contributed by atoms with E-state index in [1.807, 2.05) is 19.9 Å². The van der Waals surface area contributed by atoms with E-state index in [1.165, 1.54) is 0 Å². The molecule has 0 aliphatic carbocycles. The van der Waals surface area contributed by atoms with Gasteiger partial charge in [0, 0.05) is 36.8 Å². The fraction of sp³-hybridized carbons (Fsp3) is 0.450. The molecule has 0 unspecified atom stereocenters. The van der Waals surface area contributed by atoms with Crippen LogP contribution in [0, 0.1) is 0 Å². The van der Waals surface area contributed by atoms with Crippen LogP contribution in [0.15, 0.2) is 24.3 Å². The van der Waals surface area contributed by atoms with Crippen molar-refractivity contribution >= 4 is 17.8 Å². The first-order valence-electron chi connectivity index (χ1n) is 9.64. The number of urea groups is 1. The van der Waals surface area contributed by atoms with Gasteiger partial charge < -0.3 is 20.1 Å². The number of anilines is 2. The Hall–Kier alpha value is -2.87. The number of carbonyl (C=O) groups is 1. The Morgan fingerprint density at radius 2 is 2.00 bits per heavy atom. The van der Waals surface area contributed by atoms with Gasteiger partial charge in [0.2, 0.25) is 5.95 Å². The van der Waals surface area contributed by atoms with Gasteiger partial charge in [0.25, 0.3) is 0 Å². The number of rotatable bonds is 3. The highest BCUT2D eigenvalue weighted by Crippen LogP contribution is 2.36. The van der Waals surface area contributed by atoms with Gasteiger partial charge in [-0.1, -0.05) is 12.1 Å². The number of phenolic OH excluding ortho intramolecular Hbond substituents is 1. The molecule has 0 spiro atoms. The number of ether oxygens (including phenoxy) is 1. The van der Waals surface area contributed by atoms with Gasteiger partial charge in [-0.3, -0.25) is 4.90 Å². The van der Waals surface area contributed by atoms with Gasteiger partial charge in [0.05, 0.1) is 18.9 Å². The number of benzene rings is 1. The van der Waals surface area contributed by atoms with Crippen molar-refractivity contribution in [2.45, 2.75) is 26.3 Å². The first-order valence-corrected chi connectivity index (χ1v) is 9.64. The number of morpholine rings is 1. The van der Waals surface area contributed by atoms with Crippen LogP contribution in [0.1, 0.15) is 19.4 Å². The number of amides is 2. The third-order valence-electron chi connectivity index (χ3n) is 4.89. The van der Waals surface area contributed by atoms with Gasteiger partial charge in [-0.05, 0) is 32.4 Å². The van der Waals surface area contributed by atoms with Gasteiger partial charge in [0.1, 0.15) is 11.6 Å². The van der Waals surface area contributed by atoms with Gasteiger partial charge >= 0.3 is 6.03 Å². The Kier molecular flexibility index (Phi) is 5.04. The maximum Gasteiger partial charge on any atom is 0.323 e. The van der Waals surface area contributed by atoms with Crippen LogP contribution >= 0.6 is 0 Å². The lowest BCUT2D eigenvalue weighted by Crippen LogP contribution is -2.43. The van der Waals surface area contributed by atoms with E-state index in [4.69, 9.17) is 14.7 Å². The van der Waals surface area contributed by atoms with E-state index in [0.29, 0.717) is 51.0 Å². The highest BCUT2D eigenvalue weighted by atomic mass is 16.5. The van der Waals surface area contributed by atoms with Gasteiger partial charge in [-0.15, -0.1) is 0 Å². The van der Waals surface area contributed by atoms with E-state index < -0.39 is 0 Å². The van der Waals surface area contributed by atoms with Crippen molar-refractivity contribution in [1.29, 1.82) is 0 Å². The molecule has 2 aromatic rings. The number of nitrogens with zero attached hydrogens (tertiary/aromatic N) is 4. The molecule has 2 amide bonds. The summed E-state index contributed by atoms with van der Waals surface area (Å²) < 4.78 is 5.44. The van der Waals surface area contributed by atoms with Crippen molar-refractivity contribution in [2.24, 2.45) is 0 Å². The van der Waals surface area contributed by atoms with E-state index in [0.717, 1.165) is 16.8 Å². The number of hydrogen-bond donors (Lipinski definition) is 2. The van der Waals surface area contributed by atoms with Gasteiger partial charge in [-0.25, -0.2) is 9.78 Å². The monoisotopic (exact) mass is 383 g/mol. The molecule has 0 radical (unpaired) electrons. The van der Waals surface area contributed by atoms with Crippen LogP contribution in [-0.2, 0) is 11.2 Å². The first kappa shape index (κ1) is 18.5. The molecule has 3 heterocycles. The summed E-state index contributed by atoms with van der Waals surface area (Å²) in [6.07, 6.45) is 0.676. The zero-order valence-corrected chi connectivity index (χ0v) is 16.2. The second kappa shape index (κ2) is 7.63. The normalized spacial score (nSPS) is 16.4. The number of aromatic nitrogens is 2. The molecule has 2 aliphatic heterocycles. The minimum Gasteiger partial charge on any atom is -0.508 e. The van der Waals surface area contributed by atoms with E-state index >= 15 is 0 Å². The van der Waals surface area contributed by atoms with Crippen LogP contribution in [0.3, 0.4) is 0 Å². The molecular formula is C20H25N5O3. The quantitative estimate of drug-likeness (QED) is 0.844. The van der Waals surface area contributed by atoms with Crippen LogP contribution in [0.2, 0.25) is 0 Å². The minimum absolute atomic E-state index is 0.0441. The molecule has 0 atom stereocenters. The molecule has 1 saturated heterocycles. The van der Waals surface area contributed by atoms with Gasteiger partial charge in [-0.2, -0.15) is 4.98 Å². The predicted molar refractivity (Wildman–Crippen MR) is 107 cm³/mol. The summed E-state index contributed by atoms with van der Waals surface area (Å²) in [6.45, 7) is 7.09. The molecule has 8 nitrogen and oxygen atoms in total. The first-order chi connectivity index (χ1) is 13.5. The molecule has 8 heteroatoms. The number of carbonyl (C=O) groups excluding carboxylic acids is 1. The Balaban J connectivity index is 1.80. The minimum atomic E-state index is -0.151. The van der Waals surface area contributed by atoms with Crippen molar-refractivity contribution in [3.05, 3.63) is 29.8 Å². The largest absolute Gasteiger partial charge is 0.508 e. The lowest BCUT2D eigenvalue weighted by Gasteiger charge is -2.28. The van der Waals surface area contributed by atoms with E-state index in [-0.39, 0.29) is 17.8 Å². The maximum atomic E-state index is 12.7. The van der Waals surface area contributed by atoms with Crippen molar-refractivity contribution < 1.29 is 14.6 Å². The fourth-order valence-electron chi connectivity index (χ4n) is 3.56. The fourth-order valence-corrected chi connectivity index (χ4v) is 3.56. The highest BCUT2D eigenvalue weighted by Gasteiger charge is 2.31. The summed E-state index contributed by atoms with van der Waals surface area (Å²) >= 11 is 0. The van der Waals surface area contributed by atoms with Crippen molar-refractivity contribution in [3.63, 3.8) is 0 Å². The third kappa shape index (κ3) is 3.60. The average molecular weight is 383 g/mol. The Bertz CT molecular complexity index is 880. The van der Waals surface area contributed by atoms with Crippen LogP contribution in [0.4, 0.5) is 16.6 Å². The molecule has 1 aromatic heterocycles. The summed E-state index contributed by atoms with van der Waals surface area (Å²) in [4.78, 5) is 26.0. The molecule has 2 aliphatic rings. The topological polar surface area (TPSA) is 90.8 Å². The number of fused-ring (bicyclic) bond motifs is 1. The van der Waals surface area contributed by atoms with Crippen molar-refractivity contribution in [3.8, 4) is 17.0 Å². The van der Waals surface area contributed by atoms with Crippen LogP contribution in [0.5, 0.6) is 5.75 Å². The maximum absolute atomic E-state index is 12.7. The summed E-state index contributed by atoms with van der Waals surface area (Å²) in [5.41, 5.74) is 2.52. The highest BCUT2D eigenvalue weighted by molar-refractivity contribution is 5.94. The summed E-state index contributed by atoms with van der Waals surface area (Å²) in [7, 11) is 0. The summed E-state index contributed by atoms with van der Waals surface area (Å²) in [5, 5.41) is 12.9. The van der Waals surface area contributed by atoms with Crippen LogP contribution in [0.25, 0.3) is 11.3 Å². The lowest BCUT2D eigenvalue weighted by molar-refractivity contribution is 0.122. The van der Waals surface area contributed by atoms with Crippen molar-refractivity contribution in [1.82, 2.24) is 15.3 Å². The SMILES string of the molecule is CC(C)NC(=O)N1CCc2c(-c3cccc(O)c3)nc(N3CCOCC3)nc21. The Morgan fingerprint density at radius 3 is 2.71 bits per heavy atom.